The summed E-state index contributed by atoms with van der Waals surface area (Å²) < 4.78 is 4.45. The third kappa shape index (κ3) is 3.06. The second kappa shape index (κ2) is 4.95. The van der Waals surface area contributed by atoms with Crippen LogP contribution in [-0.4, -0.2) is 51.0 Å². The van der Waals surface area contributed by atoms with Crippen LogP contribution in [-0.2, 0) is 4.74 Å². The lowest BCUT2D eigenvalue weighted by Crippen LogP contribution is -2.48. The minimum atomic E-state index is -0.367. The Morgan fingerprint density at radius 2 is 2.25 bits per heavy atom. The van der Waals surface area contributed by atoms with Gasteiger partial charge in [-0.25, -0.2) is 4.79 Å². The van der Waals surface area contributed by atoms with Crippen molar-refractivity contribution in [3.05, 3.63) is 0 Å². The van der Waals surface area contributed by atoms with Gasteiger partial charge in [-0.2, -0.15) is 0 Å². The zero-order chi connectivity index (χ0) is 8.81. The molecule has 1 aliphatic heterocycles. The molecule has 0 aromatic heterocycles. The van der Waals surface area contributed by atoms with E-state index in [1.807, 2.05) is 0 Å². The van der Waals surface area contributed by atoms with Gasteiger partial charge in [0.1, 0.15) is 0 Å². The van der Waals surface area contributed by atoms with Crippen molar-refractivity contribution < 1.29 is 9.53 Å². The Hall–Kier alpha value is -0.810. The number of carbonyl (C=O) groups is 1. The molecule has 0 spiro atoms. The molecule has 1 saturated heterocycles. The van der Waals surface area contributed by atoms with Crippen molar-refractivity contribution in [1.29, 1.82) is 0 Å². The van der Waals surface area contributed by atoms with Gasteiger partial charge < -0.3 is 15.4 Å². The molecule has 0 unspecified atom stereocenters. The Balaban J connectivity index is 2.09. The normalized spacial score (nSPS) is 18.8. The number of alkyl carbamates (subject to hydrolysis) is 1. The number of hydrogen-bond acceptors (Lipinski definition) is 4. The average molecular weight is 173 g/mol. The number of nitrogens with one attached hydrogen (secondary N) is 2. The Kier molecular flexibility index (Phi) is 3.83. The van der Waals surface area contributed by atoms with Crippen LogP contribution in [0.15, 0.2) is 0 Å². The number of carbonyl (C=O) groups excluding carboxylic acids is 1. The highest BCUT2D eigenvalue weighted by atomic mass is 16.5. The maximum absolute atomic E-state index is 10.7. The van der Waals surface area contributed by atoms with Crippen LogP contribution in [0.5, 0.6) is 0 Å². The third-order valence-electron chi connectivity index (χ3n) is 1.84. The van der Waals surface area contributed by atoms with Crippen molar-refractivity contribution in [2.45, 2.75) is 0 Å². The number of methoxy groups -OCH3 is 1. The summed E-state index contributed by atoms with van der Waals surface area (Å²) in [7, 11) is 1.37. The van der Waals surface area contributed by atoms with Crippen molar-refractivity contribution in [2.75, 3.05) is 40.0 Å². The molecule has 0 aromatic carbocycles. The number of amides is 1. The molecule has 12 heavy (non-hydrogen) atoms. The van der Waals surface area contributed by atoms with Crippen LogP contribution < -0.4 is 10.6 Å². The van der Waals surface area contributed by atoms with E-state index in [-0.39, 0.29) is 6.09 Å². The first-order valence-corrected chi connectivity index (χ1v) is 4.08. The second-order valence-electron chi connectivity index (χ2n) is 2.69. The second-order valence-corrected chi connectivity index (χ2v) is 2.69. The number of rotatable bonds is 2. The fraction of sp³-hybridized carbons (Fsp3) is 0.857. The largest absolute Gasteiger partial charge is 0.453 e. The first-order chi connectivity index (χ1) is 5.83. The highest BCUT2D eigenvalue weighted by Gasteiger charge is 2.09. The molecule has 0 aliphatic carbocycles. The lowest BCUT2D eigenvalue weighted by atomic mass is 10.4. The van der Waals surface area contributed by atoms with Gasteiger partial charge in [0.25, 0.3) is 0 Å². The highest BCUT2D eigenvalue weighted by Crippen LogP contribution is 1.88. The van der Waals surface area contributed by atoms with Crippen LogP contribution in [0.25, 0.3) is 0 Å². The van der Waals surface area contributed by atoms with Crippen molar-refractivity contribution in [3.63, 3.8) is 0 Å². The number of ether oxygens (including phenoxy) is 1. The summed E-state index contributed by atoms with van der Waals surface area (Å²) >= 11 is 0. The fourth-order valence-electron chi connectivity index (χ4n) is 1.12. The van der Waals surface area contributed by atoms with E-state index in [4.69, 9.17) is 0 Å². The number of piperazine rings is 1. The minimum Gasteiger partial charge on any atom is -0.453 e. The average Bonchev–Trinajstić information content (AvgIpc) is 2.16. The van der Waals surface area contributed by atoms with Gasteiger partial charge in [-0.05, 0) is 0 Å². The van der Waals surface area contributed by atoms with E-state index >= 15 is 0 Å². The third-order valence-corrected chi connectivity index (χ3v) is 1.84. The van der Waals surface area contributed by atoms with Crippen LogP contribution in [0, 0.1) is 0 Å². The molecule has 1 heterocycles. The van der Waals surface area contributed by atoms with Crippen molar-refractivity contribution >= 4 is 6.09 Å². The summed E-state index contributed by atoms with van der Waals surface area (Å²) in [6.45, 7) is 4.51. The van der Waals surface area contributed by atoms with Crippen molar-refractivity contribution in [1.82, 2.24) is 15.5 Å². The fourth-order valence-corrected chi connectivity index (χ4v) is 1.12. The molecule has 0 atom stereocenters. The quantitative estimate of drug-likeness (QED) is 0.574. The maximum atomic E-state index is 10.7. The van der Waals surface area contributed by atoms with Crippen LogP contribution in [0.1, 0.15) is 0 Å². The topological polar surface area (TPSA) is 53.6 Å². The zero-order valence-electron chi connectivity index (χ0n) is 7.30. The van der Waals surface area contributed by atoms with Crippen LogP contribution in [0.4, 0.5) is 4.79 Å². The van der Waals surface area contributed by atoms with E-state index in [1.165, 1.54) is 7.11 Å². The summed E-state index contributed by atoms with van der Waals surface area (Å²) in [6, 6.07) is 0. The SMILES string of the molecule is COC(=O)NCN1CCNCC1. The molecule has 0 radical (unpaired) electrons. The monoisotopic (exact) mass is 173 g/mol. The molecular formula is C7H15N3O2. The standard InChI is InChI=1S/C7H15N3O2/c1-12-7(11)9-6-10-4-2-8-3-5-10/h8H,2-6H2,1H3,(H,9,11). The van der Waals surface area contributed by atoms with E-state index in [1.54, 1.807) is 0 Å². The molecule has 1 aliphatic rings. The van der Waals surface area contributed by atoms with Crippen LogP contribution >= 0.6 is 0 Å². The Morgan fingerprint density at radius 3 is 2.83 bits per heavy atom. The van der Waals surface area contributed by atoms with Gasteiger partial charge in [-0.1, -0.05) is 0 Å². The van der Waals surface area contributed by atoms with Gasteiger partial charge in [-0.15, -0.1) is 0 Å². The highest BCUT2D eigenvalue weighted by molar-refractivity contribution is 5.66. The van der Waals surface area contributed by atoms with E-state index < -0.39 is 0 Å². The molecule has 2 N–H and O–H groups in total. The van der Waals surface area contributed by atoms with Gasteiger partial charge in [-0.3, -0.25) is 4.90 Å². The van der Waals surface area contributed by atoms with E-state index in [2.05, 4.69) is 20.3 Å². The molecule has 0 bridgehead atoms. The first-order valence-electron chi connectivity index (χ1n) is 4.08. The molecule has 70 valence electrons. The summed E-state index contributed by atoms with van der Waals surface area (Å²) in [4.78, 5) is 12.8. The molecule has 1 rings (SSSR count). The Labute approximate surface area is 72.1 Å². The molecule has 0 aromatic rings. The molecular weight excluding hydrogens is 158 g/mol. The van der Waals surface area contributed by atoms with E-state index in [0.717, 1.165) is 26.2 Å². The van der Waals surface area contributed by atoms with E-state index in [0.29, 0.717) is 6.67 Å². The molecule has 5 heteroatoms. The summed E-state index contributed by atoms with van der Waals surface area (Å²) in [5.74, 6) is 0. The number of nitrogens with zero attached hydrogens (tertiary/aromatic N) is 1. The molecule has 0 saturated carbocycles. The smallest absolute Gasteiger partial charge is 0.407 e. The van der Waals surface area contributed by atoms with Crippen LogP contribution in [0.2, 0.25) is 0 Å². The predicted octanol–water partition coefficient (Wildman–Crippen LogP) is -0.795. The Bertz CT molecular complexity index is 146. The lowest BCUT2D eigenvalue weighted by Gasteiger charge is -2.26. The van der Waals surface area contributed by atoms with Crippen molar-refractivity contribution in [2.24, 2.45) is 0 Å². The van der Waals surface area contributed by atoms with Gasteiger partial charge in [0.2, 0.25) is 0 Å². The van der Waals surface area contributed by atoms with E-state index in [9.17, 15) is 4.79 Å². The van der Waals surface area contributed by atoms with Crippen molar-refractivity contribution in [3.8, 4) is 0 Å². The Morgan fingerprint density at radius 1 is 1.58 bits per heavy atom. The van der Waals surface area contributed by atoms with Gasteiger partial charge in [0.05, 0.1) is 13.8 Å². The number of hydrogen-bond donors (Lipinski definition) is 2. The van der Waals surface area contributed by atoms with Gasteiger partial charge in [0, 0.05) is 26.2 Å². The zero-order valence-corrected chi connectivity index (χ0v) is 7.30. The van der Waals surface area contributed by atoms with Gasteiger partial charge >= 0.3 is 6.09 Å². The lowest BCUT2D eigenvalue weighted by molar-refractivity contribution is 0.155. The summed E-state index contributed by atoms with van der Waals surface area (Å²) in [6.07, 6.45) is -0.367. The maximum Gasteiger partial charge on any atom is 0.407 e. The first kappa shape index (κ1) is 9.28. The summed E-state index contributed by atoms with van der Waals surface area (Å²) in [5.41, 5.74) is 0. The van der Waals surface area contributed by atoms with Gasteiger partial charge in [0.15, 0.2) is 0 Å². The van der Waals surface area contributed by atoms with Crippen LogP contribution in [0.3, 0.4) is 0 Å². The summed E-state index contributed by atoms with van der Waals surface area (Å²) in [5, 5.41) is 5.87. The molecule has 1 amide bonds. The molecule has 5 nitrogen and oxygen atoms in total. The predicted molar refractivity (Wildman–Crippen MR) is 44.9 cm³/mol. The molecule has 1 fully saturated rings. The minimum absolute atomic E-state index is 0.367.